The van der Waals surface area contributed by atoms with Crippen LogP contribution in [-0.4, -0.2) is 72.7 Å². The number of pyridine rings is 1. The first-order valence-electron chi connectivity index (χ1n) is 8.87. The molecule has 24 heavy (non-hydrogen) atoms. The minimum Gasteiger partial charge on any atom is -0.480 e. The minimum atomic E-state index is 0.0342. The molecule has 1 aromatic heterocycles. The molecule has 130 valence electrons. The fourth-order valence-corrected chi connectivity index (χ4v) is 4.19. The summed E-state index contributed by atoms with van der Waals surface area (Å²) in [6.07, 6.45) is 3.10. The number of morpholine rings is 1. The number of amides is 1. The molecule has 1 amide bonds. The monoisotopic (exact) mass is 331 g/mol. The first kappa shape index (κ1) is 15.8. The average molecular weight is 331 g/mol. The van der Waals surface area contributed by atoms with Crippen molar-refractivity contribution in [2.24, 2.45) is 0 Å². The summed E-state index contributed by atoms with van der Waals surface area (Å²) >= 11 is 0. The number of methoxy groups -OCH3 is 1. The first-order chi connectivity index (χ1) is 11.7. The molecule has 1 aromatic rings. The van der Waals surface area contributed by atoms with E-state index in [9.17, 15) is 4.79 Å². The van der Waals surface area contributed by atoms with Crippen LogP contribution in [0.5, 0.6) is 5.88 Å². The van der Waals surface area contributed by atoms with E-state index in [4.69, 9.17) is 9.47 Å². The van der Waals surface area contributed by atoms with Crippen LogP contribution in [0.4, 0.5) is 0 Å². The van der Waals surface area contributed by atoms with Crippen molar-refractivity contribution in [2.75, 3.05) is 40.0 Å². The van der Waals surface area contributed by atoms with Crippen molar-refractivity contribution in [1.29, 1.82) is 0 Å². The highest BCUT2D eigenvalue weighted by molar-refractivity contribution is 5.96. The number of nitrogens with zero attached hydrogens (tertiary/aromatic N) is 3. The standard InChI is InChI=1S/C18H25N3O3/c1-12-10-24-11-14-9-20(6-7-21(12)14)18(22)15-8-13-4-3-5-16(13)19-17(15)23-2/h8,12,14H,3-7,9-11H2,1-2H3/t12-,14+/m0/s1. The van der Waals surface area contributed by atoms with E-state index in [0.717, 1.165) is 44.7 Å². The summed E-state index contributed by atoms with van der Waals surface area (Å²) in [4.78, 5) is 22.1. The topological polar surface area (TPSA) is 54.9 Å². The molecular formula is C18H25N3O3. The third-order valence-electron chi connectivity index (χ3n) is 5.49. The summed E-state index contributed by atoms with van der Waals surface area (Å²) < 4.78 is 11.1. The van der Waals surface area contributed by atoms with Gasteiger partial charge in [0.05, 0.1) is 26.4 Å². The number of ether oxygens (including phenoxy) is 2. The van der Waals surface area contributed by atoms with Crippen molar-refractivity contribution >= 4 is 5.91 Å². The van der Waals surface area contributed by atoms with E-state index in [-0.39, 0.29) is 5.91 Å². The Balaban J connectivity index is 1.56. The Morgan fingerprint density at radius 1 is 1.33 bits per heavy atom. The highest BCUT2D eigenvalue weighted by Crippen LogP contribution is 2.28. The molecule has 1 aliphatic carbocycles. The van der Waals surface area contributed by atoms with Crippen LogP contribution in [0.25, 0.3) is 0 Å². The third-order valence-corrected chi connectivity index (χ3v) is 5.49. The summed E-state index contributed by atoms with van der Waals surface area (Å²) in [6.45, 7) is 6.04. The second-order valence-electron chi connectivity index (χ2n) is 7.03. The Bertz CT molecular complexity index is 649. The molecule has 0 N–H and O–H groups in total. The van der Waals surface area contributed by atoms with E-state index in [0.29, 0.717) is 36.7 Å². The molecule has 6 heteroatoms. The highest BCUT2D eigenvalue weighted by atomic mass is 16.5. The normalized spacial score (nSPS) is 26.8. The maximum absolute atomic E-state index is 13.1. The molecule has 0 unspecified atom stereocenters. The SMILES string of the molecule is COc1nc2c(cc1C(=O)N1CCN3[C@@H](COC[C@@H]3C)C1)CCC2. The lowest BCUT2D eigenvalue weighted by molar-refractivity contribution is -0.0700. The largest absolute Gasteiger partial charge is 0.480 e. The van der Waals surface area contributed by atoms with Gasteiger partial charge in [0.1, 0.15) is 5.56 Å². The molecule has 0 aromatic carbocycles. The number of carbonyl (C=O) groups excluding carboxylic acids is 1. The van der Waals surface area contributed by atoms with E-state index >= 15 is 0 Å². The minimum absolute atomic E-state index is 0.0342. The van der Waals surface area contributed by atoms with Gasteiger partial charge >= 0.3 is 0 Å². The van der Waals surface area contributed by atoms with E-state index in [1.807, 2.05) is 11.0 Å². The number of fused-ring (bicyclic) bond motifs is 2. The van der Waals surface area contributed by atoms with Crippen molar-refractivity contribution in [3.05, 3.63) is 22.9 Å². The predicted molar refractivity (Wildman–Crippen MR) is 89.5 cm³/mol. The van der Waals surface area contributed by atoms with Crippen LogP contribution in [-0.2, 0) is 17.6 Å². The molecule has 0 spiro atoms. The summed E-state index contributed by atoms with van der Waals surface area (Å²) in [5.41, 5.74) is 2.89. The van der Waals surface area contributed by atoms with Crippen molar-refractivity contribution < 1.29 is 14.3 Å². The van der Waals surface area contributed by atoms with Crippen molar-refractivity contribution in [3.63, 3.8) is 0 Å². The summed E-state index contributed by atoms with van der Waals surface area (Å²) in [6, 6.07) is 2.72. The van der Waals surface area contributed by atoms with Crippen molar-refractivity contribution in [1.82, 2.24) is 14.8 Å². The highest BCUT2D eigenvalue weighted by Gasteiger charge is 2.36. The third kappa shape index (κ3) is 2.67. The second-order valence-corrected chi connectivity index (χ2v) is 7.03. The number of hydrogen-bond donors (Lipinski definition) is 0. The van der Waals surface area contributed by atoms with Crippen molar-refractivity contribution in [3.8, 4) is 5.88 Å². The molecular weight excluding hydrogens is 306 g/mol. The van der Waals surface area contributed by atoms with Gasteiger partial charge in [0, 0.05) is 31.4 Å². The molecule has 2 saturated heterocycles. The van der Waals surface area contributed by atoms with Gasteiger partial charge in [-0.25, -0.2) is 4.98 Å². The second kappa shape index (κ2) is 6.33. The Morgan fingerprint density at radius 3 is 3.04 bits per heavy atom. The lowest BCUT2D eigenvalue weighted by atomic mass is 10.1. The quantitative estimate of drug-likeness (QED) is 0.813. The number of piperazine rings is 1. The van der Waals surface area contributed by atoms with Gasteiger partial charge < -0.3 is 14.4 Å². The van der Waals surface area contributed by atoms with E-state index in [1.165, 1.54) is 5.56 Å². The van der Waals surface area contributed by atoms with Crippen LogP contribution < -0.4 is 4.74 Å². The van der Waals surface area contributed by atoms with Gasteiger partial charge in [-0.05, 0) is 37.8 Å². The van der Waals surface area contributed by atoms with Gasteiger partial charge in [-0.1, -0.05) is 0 Å². The van der Waals surface area contributed by atoms with Crippen LogP contribution >= 0.6 is 0 Å². The molecule has 0 bridgehead atoms. The molecule has 2 aliphatic heterocycles. The van der Waals surface area contributed by atoms with E-state index in [1.54, 1.807) is 7.11 Å². The fourth-order valence-electron chi connectivity index (χ4n) is 4.19. The maximum atomic E-state index is 13.1. The summed E-state index contributed by atoms with van der Waals surface area (Å²) in [7, 11) is 1.59. The van der Waals surface area contributed by atoms with Gasteiger partial charge in [-0.2, -0.15) is 0 Å². The number of rotatable bonds is 2. The summed E-state index contributed by atoms with van der Waals surface area (Å²) in [5.74, 6) is 0.503. The molecule has 6 nitrogen and oxygen atoms in total. The van der Waals surface area contributed by atoms with Crippen LogP contribution in [0, 0.1) is 0 Å². The van der Waals surface area contributed by atoms with Gasteiger partial charge in [0.25, 0.3) is 5.91 Å². The summed E-state index contributed by atoms with van der Waals surface area (Å²) in [5, 5.41) is 0. The molecule has 3 aliphatic rings. The lowest BCUT2D eigenvalue weighted by Gasteiger charge is -2.47. The van der Waals surface area contributed by atoms with Crippen LogP contribution in [0.15, 0.2) is 6.07 Å². The number of carbonyl (C=O) groups is 1. The molecule has 0 saturated carbocycles. The number of aromatic nitrogens is 1. The van der Waals surface area contributed by atoms with Crippen LogP contribution in [0.1, 0.15) is 35.0 Å². The smallest absolute Gasteiger partial charge is 0.259 e. The lowest BCUT2D eigenvalue weighted by Crippen LogP contribution is -2.62. The Hall–Kier alpha value is -1.66. The Kier molecular flexibility index (Phi) is 4.18. The van der Waals surface area contributed by atoms with Gasteiger partial charge in [0.15, 0.2) is 0 Å². The molecule has 3 heterocycles. The van der Waals surface area contributed by atoms with Crippen molar-refractivity contribution in [2.45, 2.75) is 38.3 Å². The average Bonchev–Trinajstić information content (AvgIpc) is 3.07. The van der Waals surface area contributed by atoms with Crippen LogP contribution in [0.2, 0.25) is 0 Å². The van der Waals surface area contributed by atoms with Gasteiger partial charge in [-0.15, -0.1) is 0 Å². The Morgan fingerprint density at radius 2 is 2.21 bits per heavy atom. The van der Waals surface area contributed by atoms with Gasteiger partial charge in [0.2, 0.25) is 5.88 Å². The number of aryl methyl sites for hydroxylation is 2. The zero-order valence-electron chi connectivity index (χ0n) is 14.5. The molecule has 2 fully saturated rings. The maximum Gasteiger partial charge on any atom is 0.259 e. The van der Waals surface area contributed by atoms with E-state index in [2.05, 4.69) is 16.8 Å². The van der Waals surface area contributed by atoms with Gasteiger partial charge in [-0.3, -0.25) is 9.69 Å². The molecule has 4 rings (SSSR count). The molecule has 0 radical (unpaired) electrons. The fraction of sp³-hybridized carbons (Fsp3) is 0.667. The zero-order chi connectivity index (χ0) is 16.7. The van der Waals surface area contributed by atoms with Crippen LogP contribution in [0.3, 0.4) is 0 Å². The zero-order valence-corrected chi connectivity index (χ0v) is 14.5. The first-order valence-corrected chi connectivity index (χ1v) is 8.87. The molecule has 2 atom stereocenters. The predicted octanol–water partition coefficient (Wildman–Crippen LogP) is 1.12. The number of hydrogen-bond acceptors (Lipinski definition) is 5. The Labute approximate surface area is 142 Å². The van der Waals surface area contributed by atoms with E-state index < -0.39 is 0 Å².